The highest BCUT2D eigenvalue weighted by Crippen LogP contribution is 2.20. The maximum Gasteiger partial charge on any atom is 0.208 e. The van der Waals surface area contributed by atoms with Gasteiger partial charge >= 0.3 is 0 Å². The molecular formula is C20H37N5O2. The Morgan fingerprint density at radius 3 is 2.67 bits per heavy atom. The lowest BCUT2D eigenvalue weighted by molar-refractivity contribution is 0.145. The van der Waals surface area contributed by atoms with Crippen molar-refractivity contribution >= 4 is 5.96 Å². The molecule has 1 saturated heterocycles. The van der Waals surface area contributed by atoms with Crippen molar-refractivity contribution in [2.75, 3.05) is 45.9 Å². The number of ether oxygens (including phenoxy) is 1. The quantitative estimate of drug-likeness (QED) is 0.370. The summed E-state index contributed by atoms with van der Waals surface area (Å²) in [6, 6.07) is 0. The van der Waals surface area contributed by atoms with E-state index >= 15 is 0 Å². The number of aromatic nitrogens is 1. The van der Waals surface area contributed by atoms with E-state index in [0.717, 1.165) is 82.2 Å². The van der Waals surface area contributed by atoms with Gasteiger partial charge < -0.3 is 19.8 Å². The molecule has 0 radical (unpaired) electrons. The molecule has 2 rings (SSSR count). The van der Waals surface area contributed by atoms with Crippen LogP contribution in [0, 0.1) is 19.8 Å². The monoisotopic (exact) mass is 379 g/mol. The van der Waals surface area contributed by atoms with E-state index in [1.165, 1.54) is 12.8 Å². The smallest absolute Gasteiger partial charge is 0.208 e. The lowest BCUT2D eigenvalue weighted by Gasteiger charge is -2.30. The van der Waals surface area contributed by atoms with E-state index in [1.807, 2.05) is 20.8 Å². The van der Waals surface area contributed by atoms with Crippen molar-refractivity contribution in [3.63, 3.8) is 0 Å². The fourth-order valence-electron chi connectivity index (χ4n) is 3.21. The molecule has 7 nitrogen and oxygen atoms in total. The Morgan fingerprint density at radius 1 is 1.26 bits per heavy atom. The first-order chi connectivity index (χ1) is 13.1. The van der Waals surface area contributed by atoms with E-state index in [0.29, 0.717) is 5.92 Å². The molecule has 0 spiro atoms. The number of rotatable bonds is 10. The maximum absolute atomic E-state index is 5.71. The summed E-state index contributed by atoms with van der Waals surface area (Å²) in [6.07, 6.45) is 3.34. The Morgan fingerprint density at radius 2 is 2.04 bits per heavy atom. The van der Waals surface area contributed by atoms with Gasteiger partial charge in [0, 0.05) is 32.8 Å². The zero-order valence-corrected chi connectivity index (χ0v) is 17.5. The molecule has 154 valence electrons. The van der Waals surface area contributed by atoms with Crippen LogP contribution in [0.3, 0.4) is 0 Å². The summed E-state index contributed by atoms with van der Waals surface area (Å²) >= 11 is 0. The van der Waals surface area contributed by atoms with Gasteiger partial charge in [0.25, 0.3) is 0 Å². The molecule has 7 heteroatoms. The van der Waals surface area contributed by atoms with Crippen LogP contribution in [-0.4, -0.2) is 61.8 Å². The van der Waals surface area contributed by atoms with Crippen LogP contribution in [0.1, 0.15) is 50.5 Å². The molecule has 0 aliphatic carbocycles. The van der Waals surface area contributed by atoms with Crippen LogP contribution in [-0.2, 0) is 11.3 Å². The minimum atomic E-state index is 0.646. The normalized spacial score (nSPS) is 16.7. The van der Waals surface area contributed by atoms with Gasteiger partial charge in [-0.05, 0) is 66.0 Å². The molecule has 0 unspecified atom stereocenters. The molecule has 0 aromatic carbocycles. The fraction of sp³-hybridized carbons (Fsp3) is 0.800. The second-order valence-corrected chi connectivity index (χ2v) is 7.17. The third-order valence-corrected chi connectivity index (χ3v) is 4.95. The van der Waals surface area contributed by atoms with Crippen molar-refractivity contribution in [1.82, 2.24) is 20.5 Å². The van der Waals surface area contributed by atoms with E-state index in [1.54, 1.807) is 0 Å². The number of hydrogen-bond donors (Lipinski definition) is 2. The Labute approximate surface area is 164 Å². The first-order valence-electron chi connectivity index (χ1n) is 10.4. The standard InChI is InChI=1S/C20H37N5O2/c1-5-21-20(22-10-7-13-26-6-2)23-14-18-8-11-25(12-9-18)15-19-24-16(3)17(4)27-19/h18H,5-15H2,1-4H3,(H2,21,22,23). The predicted octanol–water partition coefficient (Wildman–Crippen LogP) is 2.49. The molecule has 2 N–H and O–H groups in total. The number of aliphatic imine (C=N–C) groups is 1. The zero-order valence-electron chi connectivity index (χ0n) is 17.5. The first-order valence-corrected chi connectivity index (χ1v) is 10.4. The summed E-state index contributed by atoms with van der Waals surface area (Å²) < 4.78 is 11.1. The molecule has 1 aliphatic heterocycles. The molecule has 1 aromatic rings. The number of guanidine groups is 1. The largest absolute Gasteiger partial charge is 0.444 e. The number of hydrogen-bond acceptors (Lipinski definition) is 5. The Kier molecular flexibility index (Phi) is 9.62. The lowest BCUT2D eigenvalue weighted by atomic mass is 9.97. The van der Waals surface area contributed by atoms with Gasteiger partial charge in [-0.1, -0.05) is 0 Å². The number of oxazole rings is 1. The molecule has 0 atom stereocenters. The average Bonchev–Trinajstić information content (AvgIpc) is 2.97. The number of aryl methyl sites for hydroxylation is 2. The molecule has 0 saturated carbocycles. The number of nitrogens with zero attached hydrogens (tertiary/aromatic N) is 3. The topological polar surface area (TPSA) is 74.9 Å². The van der Waals surface area contributed by atoms with E-state index in [-0.39, 0.29) is 0 Å². The van der Waals surface area contributed by atoms with Crippen LogP contribution in [0.4, 0.5) is 0 Å². The van der Waals surface area contributed by atoms with E-state index in [2.05, 4.69) is 27.4 Å². The zero-order chi connectivity index (χ0) is 19.5. The third-order valence-electron chi connectivity index (χ3n) is 4.95. The number of piperidine rings is 1. The van der Waals surface area contributed by atoms with Crippen molar-refractivity contribution in [3.8, 4) is 0 Å². The van der Waals surface area contributed by atoms with Crippen molar-refractivity contribution in [2.24, 2.45) is 10.9 Å². The predicted molar refractivity (Wildman–Crippen MR) is 109 cm³/mol. The molecule has 1 fully saturated rings. The van der Waals surface area contributed by atoms with Gasteiger partial charge in [0.1, 0.15) is 5.76 Å². The summed E-state index contributed by atoms with van der Waals surface area (Å²) in [6.45, 7) is 15.3. The van der Waals surface area contributed by atoms with Crippen molar-refractivity contribution < 1.29 is 9.15 Å². The van der Waals surface area contributed by atoms with Gasteiger partial charge in [-0.15, -0.1) is 0 Å². The molecule has 27 heavy (non-hydrogen) atoms. The summed E-state index contributed by atoms with van der Waals surface area (Å²) in [5, 5.41) is 6.73. The van der Waals surface area contributed by atoms with Crippen molar-refractivity contribution in [1.29, 1.82) is 0 Å². The molecule has 1 aromatic heterocycles. The van der Waals surface area contributed by atoms with Crippen LogP contribution in [0.25, 0.3) is 0 Å². The Hall–Kier alpha value is -1.60. The Balaban J connectivity index is 1.69. The minimum absolute atomic E-state index is 0.646. The second-order valence-electron chi connectivity index (χ2n) is 7.17. The summed E-state index contributed by atoms with van der Waals surface area (Å²) in [4.78, 5) is 11.7. The molecule has 1 aliphatic rings. The average molecular weight is 380 g/mol. The van der Waals surface area contributed by atoms with Gasteiger partial charge in [-0.3, -0.25) is 9.89 Å². The highest BCUT2D eigenvalue weighted by molar-refractivity contribution is 5.79. The van der Waals surface area contributed by atoms with Gasteiger partial charge in [0.2, 0.25) is 5.89 Å². The van der Waals surface area contributed by atoms with Crippen molar-refractivity contribution in [2.45, 2.75) is 53.5 Å². The van der Waals surface area contributed by atoms with Crippen LogP contribution >= 0.6 is 0 Å². The summed E-state index contributed by atoms with van der Waals surface area (Å²) in [5.74, 6) is 3.33. The minimum Gasteiger partial charge on any atom is -0.444 e. The van der Waals surface area contributed by atoms with Gasteiger partial charge in [-0.2, -0.15) is 0 Å². The lowest BCUT2D eigenvalue weighted by Crippen LogP contribution is -2.39. The maximum atomic E-state index is 5.71. The molecule has 0 amide bonds. The van der Waals surface area contributed by atoms with Gasteiger partial charge in [0.05, 0.1) is 12.2 Å². The van der Waals surface area contributed by atoms with E-state index in [4.69, 9.17) is 14.1 Å². The third kappa shape index (κ3) is 7.89. The Bertz CT molecular complexity index is 545. The first kappa shape index (κ1) is 21.7. The highest BCUT2D eigenvalue weighted by atomic mass is 16.5. The highest BCUT2D eigenvalue weighted by Gasteiger charge is 2.20. The van der Waals surface area contributed by atoms with Gasteiger partial charge in [0.15, 0.2) is 5.96 Å². The number of likely N-dealkylation sites (tertiary alicyclic amines) is 1. The van der Waals surface area contributed by atoms with Gasteiger partial charge in [-0.25, -0.2) is 4.98 Å². The summed E-state index contributed by atoms with van der Waals surface area (Å²) in [5.41, 5.74) is 0.999. The summed E-state index contributed by atoms with van der Waals surface area (Å²) in [7, 11) is 0. The number of nitrogens with one attached hydrogen (secondary N) is 2. The van der Waals surface area contributed by atoms with Crippen LogP contribution in [0.5, 0.6) is 0 Å². The molecule has 0 bridgehead atoms. The molecular weight excluding hydrogens is 342 g/mol. The van der Waals surface area contributed by atoms with E-state index < -0.39 is 0 Å². The second kappa shape index (κ2) is 12.0. The SMILES string of the molecule is CCNC(=NCC1CCN(Cc2nc(C)c(C)o2)CC1)NCCCOCC. The van der Waals surface area contributed by atoms with Crippen molar-refractivity contribution in [3.05, 3.63) is 17.3 Å². The fourth-order valence-corrected chi connectivity index (χ4v) is 3.21. The van der Waals surface area contributed by atoms with Crippen LogP contribution < -0.4 is 10.6 Å². The van der Waals surface area contributed by atoms with E-state index in [9.17, 15) is 0 Å². The van der Waals surface area contributed by atoms with Crippen LogP contribution in [0.2, 0.25) is 0 Å². The van der Waals surface area contributed by atoms with Crippen LogP contribution in [0.15, 0.2) is 9.41 Å². The molecule has 2 heterocycles.